The number of nitrogens with zero attached hydrogens (tertiary/aromatic N) is 2. The lowest BCUT2D eigenvalue weighted by molar-refractivity contribution is 0.798. The molecule has 2 rings (SSSR count). The molecule has 0 aliphatic carbocycles. The molecule has 1 aromatic carbocycles. The first kappa shape index (κ1) is 11.1. The number of aromatic nitrogens is 2. The lowest BCUT2D eigenvalue weighted by Crippen LogP contribution is -1.97. The van der Waals surface area contributed by atoms with Crippen LogP contribution in [0.15, 0.2) is 42.9 Å². The summed E-state index contributed by atoms with van der Waals surface area (Å²) < 4.78 is 1.90. The molecule has 2 nitrogen and oxygen atoms in total. The first-order valence-corrected chi connectivity index (χ1v) is 4.43. The smallest absolute Gasteiger partial charge is 0.128 e. The zero-order valence-electron chi connectivity index (χ0n) is 7.43. The zero-order valence-corrected chi connectivity index (χ0v) is 9.00. The van der Waals surface area contributed by atoms with Gasteiger partial charge in [0, 0.05) is 6.54 Å². The molecule has 0 bridgehead atoms. The topological polar surface area (TPSA) is 17.8 Å². The maximum atomic E-state index is 5.89. The van der Waals surface area contributed by atoms with Crippen LogP contribution in [0.5, 0.6) is 0 Å². The summed E-state index contributed by atoms with van der Waals surface area (Å²) >= 11 is 5.89. The summed E-state index contributed by atoms with van der Waals surface area (Å²) in [6.45, 7) is 0.777. The summed E-state index contributed by atoms with van der Waals surface area (Å²) in [6, 6.07) is 10.2. The maximum absolute atomic E-state index is 5.89. The van der Waals surface area contributed by atoms with Crippen molar-refractivity contribution in [1.82, 2.24) is 9.55 Å². The van der Waals surface area contributed by atoms with Crippen LogP contribution in [0.25, 0.3) is 0 Å². The van der Waals surface area contributed by atoms with Crippen molar-refractivity contribution in [2.75, 3.05) is 0 Å². The molecule has 0 atom stereocenters. The van der Waals surface area contributed by atoms with E-state index in [1.165, 1.54) is 5.56 Å². The average Bonchev–Trinajstić information content (AvgIpc) is 2.54. The highest BCUT2D eigenvalue weighted by Gasteiger charge is 1.98. The molecule has 14 heavy (non-hydrogen) atoms. The molecule has 0 amide bonds. The van der Waals surface area contributed by atoms with Crippen molar-refractivity contribution < 1.29 is 0 Å². The van der Waals surface area contributed by atoms with Crippen LogP contribution >= 0.6 is 24.0 Å². The fourth-order valence-electron chi connectivity index (χ4n) is 1.20. The Balaban J connectivity index is 0.000000980. The van der Waals surface area contributed by atoms with Crippen LogP contribution in [-0.4, -0.2) is 9.55 Å². The second kappa shape index (κ2) is 5.03. The summed E-state index contributed by atoms with van der Waals surface area (Å²) in [5.41, 5.74) is 1.22. The van der Waals surface area contributed by atoms with E-state index in [1.54, 1.807) is 12.5 Å². The van der Waals surface area contributed by atoms with E-state index >= 15 is 0 Å². The standard InChI is InChI=1S/C10H9ClN2.ClH/c11-10-6-12-8-13(10)7-9-4-2-1-3-5-9;/h1-6,8H,7H2;1H. The number of rotatable bonds is 2. The molecule has 0 saturated heterocycles. The second-order valence-electron chi connectivity index (χ2n) is 2.83. The quantitative estimate of drug-likeness (QED) is 0.773. The molecule has 1 heterocycles. The SMILES string of the molecule is Cl.Clc1cncn1Cc1ccccc1. The molecule has 0 spiro atoms. The summed E-state index contributed by atoms with van der Waals surface area (Å²) in [4.78, 5) is 3.95. The minimum absolute atomic E-state index is 0. The van der Waals surface area contributed by atoms with Crippen LogP contribution in [0.2, 0.25) is 5.15 Å². The monoisotopic (exact) mass is 228 g/mol. The first-order valence-electron chi connectivity index (χ1n) is 4.06. The highest BCUT2D eigenvalue weighted by atomic mass is 35.5. The minimum Gasteiger partial charge on any atom is -0.317 e. The summed E-state index contributed by atoms with van der Waals surface area (Å²) in [6.07, 6.45) is 3.37. The number of hydrogen-bond acceptors (Lipinski definition) is 1. The maximum Gasteiger partial charge on any atom is 0.128 e. The Hall–Kier alpha value is -0.990. The molecule has 74 valence electrons. The fraction of sp³-hybridized carbons (Fsp3) is 0.100. The predicted octanol–water partition coefficient (Wildman–Crippen LogP) is 3.01. The predicted molar refractivity (Wildman–Crippen MR) is 60.0 cm³/mol. The molecular formula is C10H10Cl2N2. The largest absolute Gasteiger partial charge is 0.317 e. The van der Waals surface area contributed by atoms with Crippen LogP contribution in [0.4, 0.5) is 0 Å². The van der Waals surface area contributed by atoms with Gasteiger partial charge in [-0.3, -0.25) is 0 Å². The molecule has 1 aromatic heterocycles. The summed E-state index contributed by atoms with van der Waals surface area (Å²) in [7, 11) is 0. The molecule has 2 aromatic rings. The second-order valence-corrected chi connectivity index (χ2v) is 3.22. The number of benzene rings is 1. The number of hydrogen-bond donors (Lipinski definition) is 0. The number of halogens is 2. The van der Waals surface area contributed by atoms with Crippen LogP contribution in [0.1, 0.15) is 5.56 Å². The Bertz CT molecular complexity index is 384. The van der Waals surface area contributed by atoms with Gasteiger partial charge in [-0.05, 0) is 5.56 Å². The van der Waals surface area contributed by atoms with E-state index in [0.717, 1.165) is 6.54 Å². The first-order chi connectivity index (χ1) is 6.36. The van der Waals surface area contributed by atoms with Crippen molar-refractivity contribution >= 4 is 24.0 Å². The Kier molecular flexibility index (Phi) is 3.98. The van der Waals surface area contributed by atoms with Crippen LogP contribution in [-0.2, 0) is 6.54 Å². The van der Waals surface area contributed by atoms with Crippen LogP contribution in [0, 0.1) is 0 Å². The molecule has 0 aliphatic rings. The normalized spacial score (nSPS) is 9.50. The zero-order chi connectivity index (χ0) is 9.10. The third-order valence-electron chi connectivity index (χ3n) is 1.86. The molecule has 0 radical (unpaired) electrons. The van der Waals surface area contributed by atoms with Crippen LogP contribution in [0.3, 0.4) is 0 Å². The average molecular weight is 229 g/mol. The van der Waals surface area contributed by atoms with Gasteiger partial charge in [0.2, 0.25) is 0 Å². The van der Waals surface area contributed by atoms with E-state index in [4.69, 9.17) is 11.6 Å². The van der Waals surface area contributed by atoms with Gasteiger partial charge in [-0.25, -0.2) is 4.98 Å². The van der Waals surface area contributed by atoms with E-state index in [-0.39, 0.29) is 12.4 Å². The van der Waals surface area contributed by atoms with Crippen molar-refractivity contribution in [3.05, 3.63) is 53.6 Å². The molecule has 4 heteroatoms. The van der Waals surface area contributed by atoms with Crippen molar-refractivity contribution in [1.29, 1.82) is 0 Å². The molecule has 0 fully saturated rings. The molecular weight excluding hydrogens is 219 g/mol. The van der Waals surface area contributed by atoms with Crippen molar-refractivity contribution in [2.45, 2.75) is 6.54 Å². The van der Waals surface area contributed by atoms with Crippen molar-refractivity contribution in [3.8, 4) is 0 Å². The van der Waals surface area contributed by atoms with Gasteiger partial charge >= 0.3 is 0 Å². The lowest BCUT2D eigenvalue weighted by atomic mass is 10.2. The number of imidazole rings is 1. The van der Waals surface area contributed by atoms with E-state index in [2.05, 4.69) is 17.1 Å². The van der Waals surface area contributed by atoms with Gasteiger partial charge in [0.25, 0.3) is 0 Å². The Morgan fingerprint density at radius 1 is 1.21 bits per heavy atom. The third-order valence-corrected chi connectivity index (χ3v) is 2.17. The van der Waals surface area contributed by atoms with E-state index < -0.39 is 0 Å². The highest BCUT2D eigenvalue weighted by molar-refractivity contribution is 6.29. The Morgan fingerprint density at radius 3 is 2.50 bits per heavy atom. The Labute approximate surface area is 93.9 Å². The Morgan fingerprint density at radius 2 is 1.93 bits per heavy atom. The van der Waals surface area contributed by atoms with E-state index in [0.29, 0.717) is 5.15 Å². The van der Waals surface area contributed by atoms with Gasteiger partial charge in [-0.1, -0.05) is 41.9 Å². The van der Waals surface area contributed by atoms with Gasteiger partial charge in [-0.15, -0.1) is 12.4 Å². The van der Waals surface area contributed by atoms with Gasteiger partial charge in [0.15, 0.2) is 0 Å². The van der Waals surface area contributed by atoms with Gasteiger partial charge in [-0.2, -0.15) is 0 Å². The fourth-order valence-corrected chi connectivity index (χ4v) is 1.36. The molecule has 0 N–H and O–H groups in total. The molecule has 0 unspecified atom stereocenters. The van der Waals surface area contributed by atoms with Gasteiger partial charge < -0.3 is 4.57 Å². The lowest BCUT2D eigenvalue weighted by Gasteiger charge is -2.02. The van der Waals surface area contributed by atoms with Gasteiger partial charge in [0.1, 0.15) is 5.15 Å². The summed E-state index contributed by atoms with van der Waals surface area (Å²) in [5, 5.41) is 0.670. The van der Waals surface area contributed by atoms with E-state index in [9.17, 15) is 0 Å². The van der Waals surface area contributed by atoms with Crippen molar-refractivity contribution in [2.24, 2.45) is 0 Å². The van der Waals surface area contributed by atoms with Crippen LogP contribution < -0.4 is 0 Å². The van der Waals surface area contributed by atoms with E-state index in [1.807, 2.05) is 22.8 Å². The highest BCUT2D eigenvalue weighted by Crippen LogP contribution is 2.09. The molecule has 0 aliphatic heterocycles. The van der Waals surface area contributed by atoms with Gasteiger partial charge in [0.05, 0.1) is 12.5 Å². The third kappa shape index (κ3) is 2.50. The minimum atomic E-state index is 0. The van der Waals surface area contributed by atoms with Crippen molar-refractivity contribution in [3.63, 3.8) is 0 Å². The molecule has 0 saturated carbocycles. The summed E-state index contributed by atoms with van der Waals surface area (Å²) in [5.74, 6) is 0.